The maximum atomic E-state index is 12.8. The zero-order chi connectivity index (χ0) is 14.8. The Kier molecular flexibility index (Phi) is 4.40. The third kappa shape index (κ3) is 3.77. The molecule has 2 rings (SSSR count). The van der Waals surface area contributed by atoms with Crippen molar-refractivity contribution in [3.63, 3.8) is 0 Å². The summed E-state index contributed by atoms with van der Waals surface area (Å²) in [6.07, 6.45) is 0.843. The second-order valence-corrected chi connectivity index (χ2v) is 5.72. The molecule has 20 heavy (non-hydrogen) atoms. The van der Waals surface area contributed by atoms with Gasteiger partial charge < -0.3 is 9.84 Å². The van der Waals surface area contributed by atoms with Gasteiger partial charge in [0, 0.05) is 19.1 Å². The molecule has 0 aliphatic carbocycles. The minimum absolute atomic E-state index is 0.222. The molecule has 1 fully saturated rings. The van der Waals surface area contributed by atoms with Gasteiger partial charge in [-0.2, -0.15) is 0 Å². The van der Waals surface area contributed by atoms with Gasteiger partial charge in [-0.05, 0) is 38.0 Å². The van der Waals surface area contributed by atoms with Gasteiger partial charge in [0.05, 0.1) is 5.60 Å². The number of carboxylic acids is 1. The van der Waals surface area contributed by atoms with Gasteiger partial charge in [0.2, 0.25) is 0 Å². The average Bonchev–Trinajstić information content (AvgIpc) is 2.35. The molecule has 0 saturated carbocycles. The lowest BCUT2D eigenvalue weighted by molar-refractivity contribution is -0.168. The molecular formula is C15H20FNO3. The molecule has 1 aliphatic heterocycles. The van der Waals surface area contributed by atoms with Crippen LogP contribution < -0.4 is 0 Å². The van der Waals surface area contributed by atoms with Crippen LogP contribution in [-0.4, -0.2) is 47.3 Å². The molecule has 110 valence electrons. The Morgan fingerprint density at radius 1 is 1.45 bits per heavy atom. The molecule has 1 N–H and O–H groups in total. The number of rotatable bonds is 6. The first-order chi connectivity index (χ1) is 9.38. The monoisotopic (exact) mass is 281 g/mol. The lowest BCUT2D eigenvalue weighted by Crippen LogP contribution is -2.64. The molecule has 0 radical (unpaired) electrons. The number of benzene rings is 1. The Hall–Kier alpha value is -1.46. The average molecular weight is 281 g/mol. The number of likely N-dealkylation sites (tertiary alicyclic amines) is 1. The minimum Gasteiger partial charge on any atom is -0.480 e. The van der Waals surface area contributed by atoms with E-state index in [2.05, 4.69) is 11.8 Å². The standard InChI is InChI=1S/C15H20FNO3/c1-11(7-12-3-5-13(16)6-4-12)17-9-15(2,10-17)20-8-14(18)19/h3-6,11H,7-10H2,1-2H3,(H,18,19). The lowest BCUT2D eigenvalue weighted by Gasteiger charge is -2.50. The summed E-state index contributed by atoms with van der Waals surface area (Å²) in [6, 6.07) is 6.86. The number of hydrogen-bond acceptors (Lipinski definition) is 3. The molecule has 1 aromatic carbocycles. The van der Waals surface area contributed by atoms with Gasteiger partial charge in [0.15, 0.2) is 0 Å². The van der Waals surface area contributed by atoms with Crippen molar-refractivity contribution < 1.29 is 19.0 Å². The quantitative estimate of drug-likeness (QED) is 0.865. The summed E-state index contributed by atoms with van der Waals surface area (Å²) in [7, 11) is 0. The summed E-state index contributed by atoms with van der Waals surface area (Å²) in [5.74, 6) is -1.16. The van der Waals surface area contributed by atoms with Crippen molar-refractivity contribution in [2.75, 3.05) is 19.7 Å². The third-order valence-electron chi connectivity index (χ3n) is 3.69. The van der Waals surface area contributed by atoms with Crippen LogP contribution in [-0.2, 0) is 16.0 Å². The van der Waals surface area contributed by atoms with E-state index >= 15 is 0 Å². The first kappa shape index (κ1) is 14.9. The van der Waals surface area contributed by atoms with Crippen LogP contribution in [0.15, 0.2) is 24.3 Å². The molecule has 4 nitrogen and oxygen atoms in total. The fourth-order valence-electron chi connectivity index (χ4n) is 2.54. The van der Waals surface area contributed by atoms with Gasteiger partial charge >= 0.3 is 5.97 Å². The second kappa shape index (κ2) is 5.89. The highest BCUT2D eigenvalue weighted by atomic mass is 19.1. The van der Waals surface area contributed by atoms with Crippen molar-refractivity contribution >= 4 is 5.97 Å². The molecule has 0 bridgehead atoms. The number of carboxylic acid groups (broad SMARTS) is 1. The second-order valence-electron chi connectivity index (χ2n) is 5.72. The van der Waals surface area contributed by atoms with Gasteiger partial charge in [0.25, 0.3) is 0 Å². The molecule has 0 aromatic heterocycles. The number of carbonyl (C=O) groups is 1. The first-order valence-electron chi connectivity index (χ1n) is 6.72. The number of nitrogens with zero attached hydrogens (tertiary/aromatic N) is 1. The molecule has 1 heterocycles. The first-order valence-corrected chi connectivity index (χ1v) is 6.72. The van der Waals surface area contributed by atoms with Crippen LogP contribution in [0.25, 0.3) is 0 Å². The number of aliphatic carboxylic acids is 1. The highest BCUT2D eigenvalue weighted by Crippen LogP contribution is 2.27. The largest absolute Gasteiger partial charge is 0.480 e. The molecular weight excluding hydrogens is 261 g/mol. The van der Waals surface area contributed by atoms with E-state index in [0.29, 0.717) is 6.04 Å². The maximum Gasteiger partial charge on any atom is 0.329 e. The van der Waals surface area contributed by atoms with Gasteiger partial charge in [0.1, 0.15) is 12.4 Å². The fraction of sp³-hybridized carbons (Fsp3) is 0.533. The Balaban J connectivity index is 1.80. The van der Waals surface area contributed by atoms with E-state index < -0.39 is 5.97 Å². The summed E-state index contributed by atoms with van der Waals surface area (Å²) in [5.41, 5.74) is 0.731. The molecule has 0 spiro atoms. The van der Waals surface area contributed by atoms with Crippen LogP contribution >= 0.6 is 0 Å². The normalized spacial score (nSPS) is 19.4. The number of ether oxygens (including phenoxy) is 1. The Morgan fingerprint density at radius 2 is 2.05 bits per heavy atom. The van der Waals surface area contributed by atoms with E-state index in [9.17, 15) is 9.18 Å². The molecule has 0 amide bonds. The molecule has 1 aromatic rings. The summed E-state index contributed by atoms with van der Waals surface area (Å²) in [4.78, 5) is 12.7. The SMILES string of the molecule is CC(Cc1ccc(F)cc1)N1CC(C)(OCC(=O)O)C1. The molecule has 5 heteroatoms. The zero-order valence-electron chi connectivity index (χ0n) is 11.8. The summed E-state index contributed by atoms with van der Waals surface area (Å²) >= 11 is 0. The van der Waals surface area contributed by atoms with Crippen molar-refractivity contribution in [3.05, 3.63) is 35.6 Å². The Labute approximate surface area is 118 Å². The maximum absolute atomic E-state index is 12.8. The van der Waals surface area contributed by atoms with E-state index in [4.69, 9.17) is 9.84 Å². The fourth-order valence-corrected chi connectivity index (χ4v) is 2.54. The van der Waals surface area contributed by atoms with E-state index in [1.54, 1.807) is 12.1 Å². The topological polar surface area (TPSA) is 49.8 Å². The van der Waals surface area contributed by atoms with Crippen LogP contribution in [0.1, 0.15) is 19.4 Å². The third-order valence-corrected chi connectivity index (χ3v) is 3.69. The Morgan fingerprint density at radius 3 is 2.60 bits per heavy atom. The number of hydrogen-bond donors (Lipinski definition) is 1. The van der Waals surface area contributed by atoms with Crippen molar-refractivity contribution in [2.45, 2.75) is 31.9 Å². The lowest BCUT2D eigenvalue weighted by atomic mass is 9.92. The van der Waals surface area contributed by atoms with Crippen LogP contribution in [0.4, 0.5) is 4.39 Å². The summed E-state index contributed by atoms with van der Waals surface area (Å²) < 4.78 is 18.2. The van der Waals surface area contributed by atoms with E-state index in [-0.39, 0.29) is 18.0 Å². The number of halogens is 1. The van der Waals surface area contributed by atoms with Crippen LogP contribution in [0, 0.1) is 5.82 Å². The van der Waals surface area contributed by atoms with Crippen molar-refractivity contribution in [2.24, 2.45) is 0 Å². The highest BCUT2D eigenvalue weighted by Gasteiger charge is 2.42. The zero-order valence-corrected chi connectivity index (χ0v) is 11.8. The minimum atomic E-state index is -0.941. The smallest absolute Gasteiger partial charge is 0.329 e. The predicted octanol–water partition coefficient (Wildman–Crippen LogP) is 1.93. The van der Waals surface area contributed by atoms with Crippen LogP contribution in [0.2, 0.25) is 0 Å². The van der Waals surface area contributed by atoms with E-state index in [1.165, 1.54) is 12.1 Å². The summed E-state index contributed by atoms with van der Waals surface area (Å²) in [6.45, 7) is 5.24. The van der Waals surface area contributed by atoms with Crippen LogP contribution in [0.5, 0.6) is 0 Å². The van der Waals surface area contributed by atoms with E-state index in [0.717, 1.165) is 25.1 Å². The molecule has 1 atom stereocenters. The van der Waals surface area contributed by atoms with Crippen molar-refractivity contribution in [1.82, 2.24) is 4.90 Å². The van der Waals surface area contributed by atoms with Crippen molar-refractivity contribution in [1.29, 1.82) is 0 Å². The summed E-state index contributed by atoms with van der Waals surface area (Å²) in [5, 5.41) is 8.62. The van der Waals surface area contributed by atoms with Gasteiger partial charge in [-0.1, -0.05) is 12.1 Å². The predicted molar refractivity (Wildman–Crippen MR) is 73.1 cm³/mol. The molecule has 1 aliphatic rings. The van der Waals surface area contributed by atoms with Gasteiger partial charge in [-0.25, -0.2) is 9.18 Å². The van der Waals surface area contributed by atoms with Gasteiger partial charge in [-0.15, -0.1) is 0 Å². The Bertz CT molecular complexity index is 469. The van der Waals surface area contributed by atoms with Crippen LogP contribution in [0.3, 0.4) is 0 Å². The van der Waals surface area contributed by atoms with E-state index in [1.807, 2.05) is 6.92 Å². The highest BCUT2D eigenvalue weighted by molar-refractivity contribution is 5.68. The van der Waals surface area contributed by atoms with Crippen molar-refractivity contribution in [3.8, 4) is 0 Å². The van der Waals surface area contributed by atoms with Gasteiger partial charge in [-0.3, -0.25) is 4.90 Å². The molecule has 1 unspecified atom stereocenters. The molecule has 1 saturated heterocycles.